The van der Waals surface area contributed by atoms with Crippen LogP contribution in [0.15, 0.2) is 30.5 Å². The summed E-state index contributed by atoms with van der Waals surface area (Å²) in [5.41, 5.74) is 2.26. The van der Waals surface area contributed by atoms with Crippen molar-refractivity contribution in [3.05, 3.63) is 42.0 Å². The van der Waals surface area contributed by atoms with Crippen LogP contribution < -0.4 is 9.47 Å². The first-order valence-corrected chi connectivity index (χ1v) is 8.61. The first kappa shape index (κ1) is 18.8. The van der Waals surface area contributed by atoms with Gasteiger partial charge in [0, 0.05) is 6.07 Å². The SMILES string of the molecule is COc1ccc(-n2c(COC(C)C)nnc2-c2ccc(OC)c(C)n2)cn1. The summed E-state index contributed by atoms with van der Waals surface area (Å²) in [5.74, 6) is 2.53. The molecule has 0 aliphatic rings. The van der Waals surface area contributed by atoms with Gasteiger partial charge in [0.25, 0.3) is 0 Å². The van der Waals surface area contributed by atoms with E-state index in [1.165, 1.54) is 0 Å². The van der Waals surface area contributed by atoms with Gasteiger partial charge in [0.15, 0.2) is 11.6 Å². The van der Waals surface area contributed by atoms with Gasteiger partial charge >= 0.3 is 0 Å². The van der Waals surface area contributed by atoms with Crippen LogP contribution in [0.3, 0.4) is 0 Å². The van der Waals surface area contributed by atoms with E-state index in [1.807, 2.05) is 43.5 Å². The van der Waals surface area contributed by atoms with E-state index < -0.39 is 0 Å². The highest BCUT2D eigenvalue weighted by molar-refractivity contribution is 5.55. The second-order valence-corrected chi connectivity index (χ2v) is 6.18. The number of nitrogens with zero attached hydrogens (tertiary/aromatic N) is 5. The van der Waals surface area contributed by atoms with Crippen LogP contribution in [-0.4, -0.2) is 45.1 Å². The van der Waals surface area contributed by atoms with Crippen LogP contribution in [0, 0.1) is 6.92 Å². The van der Waals surface area contributed by atoms with Gasteiger partial charge in [-0.3, -0.25) is 4.57 Å². The molecular weight excluding hydrogens is 346 g/mol. The third-order valence-corrected chi connectivity index (χ3v) is 3.95. The maximum atomic E-state index is 5.74. The molecule has 27 heavy (non-hydrogen) atoms. The van der Waals surface area contributed by atoms with Gasteiger partial charge in [-0.05, 0) is 39.0 Å². The second kappa shape index (κ2) is 8.13. The maximum Gasteiger partial charge on any atom is 0.213 e. The molecule has 0 atom stereocenters. The molecule has 3 aromatic rings. The predicted molar refractivity (Wildman–Crippen MR) is 100 cm³/mol. The van der Waals surface area contributed by atoms with Gasteiger partial charge in [-0.15, -0.1) is 10.2 Å². The summed E-state index contributed by atoms with van der Waals surface area (Å²) in [4.78, 5) is 8.90. The van der Waals surface area contributed by atoms with Gasteiger partial charge in [-0.2, -0.15) is 0 Å². The maximum absolute atomic E-state index is 5.74. The third kappa shape index (κ3) is 4.06. The molecule has 8 nitrogen and oxygen atoms in total. The highest BCUT2D eigenvalue weighted by Crippen LogP contribution is 2.25. The summed E-state index contributed by atoms with van der Waals surface area (Å²) < 4.78 is 18.1. The Morgan fingerprint density at radius 3 is 2.44 bits per heavy atom. The van der Waals surface area contributed by atoms with Crippen molar-refractivity contribution >= 4 is 0 Å². The number of ether oxygens (including phenoxy) is 3. The van der Waals surface area contributed by atoms with E-state index >= 15 is 0 Å². The molecule has 0 fully saturated rings. The lowest BCUT2D eigenvalue weighted by molar-refractivity contribution is 0.0604. The molecule has 0 aliphatic heterocycles. The van der Waals surface area contributed by atoms with Gasteiger partial charge < -0.3 is 14.2 Å². The fourth-order valence-corrected chi connectivity index (χ4v) is 2.60. The molecule has 142 valence electrons. The van der Waals surface area contributed by atoms with E-state index in [1.54, 1.807) is 26.5 Å². The zero-order chi connectivity index (χ0) is 19.4. The largest absolute Gasteiger partial charge is 0.495 e. The Labute approximate surface area is 158 Å². The Kier molecular flexibility index (Phi) is 5.66. The summed E-state index contributed by atoms with van der Waals surface area (Å²) in [7, 11) is 3.20. The van der Waals surface area contributed by atoms with Crippen molar-refractivity contribution in [2.75, 3.05) is 14.2 Å². The number of pyridine rings is 2. The van der Waals surface area contributed by atoms with E-state index in [4.69, 9.17) is 14.2 Å². The van der Waals surface area contributed by atoms with E-state index in [2.05, 4.69) is 20.2 Å². The summed E-state index contributed by atoms with van der Waals surface area (Å²) in [6, 6.07) is 7.41. The number of hydrogen-bond donors (Lipinski definition) is 0. The van der Waals surface area contributed by atoms with Gasteiger partial charge in [0.1, 0.15) is 18.1 Å². The summed E-state index contributed by atoms with van der Waals surface area (Å²) >= 11 is 0. The fourth-order valence-electron chi connectivity index (χ4n) is 2.60. The van der Waals surface area contributed by atoms with Gasteiger partial charge in [0.05, 0.1) is 37.9 Å². The zero-order valence-corrected chi connectivity index (χ0v) is 16.1. The molecule has 0 radical (unpaired) electrons. The zero-order valence-electron chi connectivity index (χ0n) is 16.1. The molecule has 3 aromatic heterocycles. The third-order valence-electron chi connectivity index (χ3n) is 3.95. The molecule has 0 saturated carbocycles. The van der Waals surface area contributed by atoms with Crippen LogP contribution in [0.5, 0.6) is 11.6 Å². The van der Waals surface area contributed by atoms with Crippen LogP contribution in [0.25, 0.3) is 17.2 Å². The summed E-state index contributed by atoms with van der Waals surface area (Å²) in [6.07, 6.45) is 1.79. The minimum atomic E-state index is 0.0777. The van der Waals surface area contributed by atoms with Gasteiger partial charge in [-0.1, -0.05) is 0 Å². The van der Waals surface area contributed by atoms with Crippen LogP contribution in [0.4, 0.5) is 0 Å². The van der Waals surface area contributed by atoms with Crippen molar-refractivity contribution in [3.63, 3.8) is 0 Å². The Balaban J connectivity index is 2.08. The molecule has 0 amide bonds. The average Bonchev–Trinajstić information content (AvgIpc) is 3.10. The number of aryl methyl sites for hydroxylation is 1. The Bertz CT molecular complexity index is 906. The standard InChI is InChI=1S/C19H23N5O3/c1-12(2)27-11-17-22-23-19(15-7-8-16(25-4)13(3)21-15)24(17)14-6-9-18(26-5)20-10-14/h6-10,12H,11H2,1-5H3. The average molecular weight is 369 g/mol. The predicted octanol–water partition coefficient (Wildman–Crippen LogP) is 2.97. The monoisotopic (exact) mass is 369 g/mol. The van der Waals surface area contributed by atoms with E-state index in [-0.39, 0.29) is 6.10 Å². The van der Waals surface area contributed by atoms with Gasteiger partial charge in [-0.25, -0.2) is 9.97 Å². The summed E-state index contributed by atoms with van der Waals surface area (Å²) in [6.45, 7) is 6.17. The van der Waals surface area contributed by atoms with Crippen molar-refractivity contribution in [1.29, 1.82) is 0 Å². The molecule has 0 aromatic carbocycles. The lowest BCUT2D eigenvalue weighted by Crippen LogP contribution is -2.09. The van der Waals surface area contributed by atoms with E-state index in [0.717, 1.165) is 17.1 Å². The van der Waals surface area contributed by atoms with Gasteiger partial charge in [0.2, 0.25) is 5.88 Å². The fraction of sp³-hybridized carbons (Fsp3) is 0.368. The molecule has 8 heteroatoms. The minimum Gasteiger partial charge on any atom is -0.495 e. The quantitative estimate of drug-likeness (QED) is 0.633. The summed E-state index contributed by atoms with van der Waals surface area (Å²) in [5, 5.41) is 8.66. The second-order valence-electron chi connectivity index (χ2n) is 6.18. The van der Waals surface area contributed by atoms with Crippen molar-refractivity contribution in [2.24, 2.45) is 0 Å². The number of methoxy groups -OCH3 is 2. The van der Waals surface area contributed by atoms with Crippen molar-refractivity contribution < 1.29 is 14.2 Å². The number of hydrogen-bond acceptors (Lipinski definition) is 7. The number of aromatic nitrogens is 5. The van der Waals surface area contributed by atoms with Crippen LogP contribution in [0.1, 0.15) is 25.4 Å². The first-order valence-electron chi connectivity index (χ1n) is 8.61. The molecule has 0 spiro atoms. The molecule has 0 N–H and O–H groups in total. The van der Waals surface area contributed by atoms with Crippen molar-refractivity contribution in [1.82, 2.24) is 24.7 Å². The number of rotatable bonds is 7. The Morgan fingerprint density at radius 1 is 1.04 bits per heavy atom. The normalized spacial score (nSPS) is 11.0. The highest BCUT2D eigenvalue weighted by atomic mass is 16.5. The molecule has 3 heterocycles. The van der Waals surface area contributed by atoms with Crippen molar-refractivity contribution in [2.45, 2.75) is 33.5 Å². The van der Waals surface area contributed by atoms with Crippen LogP contribution in [0.2, 0.25) is 0 Å². The first-order chi connectivity index (χ1) is 13.0. The molecule has 3 rings (SSSR count). The smallest absolute Gasteiger partial charge is 0.213 e. The van der Waals surface area contributed by atoms with Crippen LogP contribution >= 0.6 is 0 Å². The molecular formula is C19H23N5O3. The van der Waals surface area contributed by atoms with Crippen LogP contribution in [-0.2, 0) is 11.3 Å². The Morgan fingerprint density at radius 2 is 1.85 bits per heavy atom. The molecule has 0 aliphatic carbocycles. The van der Waals surface area contributed by atoms with E-state index in [0.29, 0.717) is 29.8 Å². The molecule has 0 saturated heterocycles. The highest BCUT2D eigenvalue weighted by Gasteiger charge is 2.18. The Hall–Kier alpha value is -3.00. The lowest BCUT2D eigenvalue weighted by Gasteiger charge is -2.12. The lowest BCUT2D eigenvalue weighted by atomic mass is 10.2. The minimum absolute atomic E-state index is 0.0777. The molecule has 0 bridgehead atoms. The van der Waals surface area contributed by atoms with Crippen molar-refractivity contribution in [3.8, 4) is 28.8 Å². The molecule has 0 unspecified atom stereocenters. The van der Waals surface area contributed by atoms with E-state index in [9.17, 15) is 0 Å². The topological polar surface area (TPSA) is 84.2 Å².